The van der Waals surface area contributed by atoms with Gasteiger partial charge in [0.1, 0.15) is 0 Å². The Kier molecular flexibility index (Phi) is 2.52. The molecule has 16 heavy (non-hydrogen) atoms. The second-order valence-corrected chi connectivity index (χ2v) is 4.88. The molecule has 4 heteroatoms. The van der Waals surface area contributed by atoms with Crippen LogP contribution < -0.4 is 4.90 Å². The Balaban J connectivity index is 1.74. The summed E-state index contributed by atoms with van der Waals surface area (Å²) in [4.78, 5) is 11.0. The summed E-state index contributed by atoms with van der Waals surface area (Å²) >= 11 is 0. The van der Waals surface area contributed by atoms with Crippen molar-refractivity contribution in [2.45, 2.75) is 38.3 Å². The van der Waals surface area contributed by atoms with Crippen LogP contribution in [0, 0.1) is 5.92 Å². The fourth-order valence-corrected chi connectivity index (χ4v) is 1.94. The van der Waals surface area contributed by atoms with Gasteiger partial charge in [0, 0.05) is 30.5 Å². The molecular weight excluding hydrogens is 202 g/mol. The van der Waals surface area contributed by atoms with Crippen LogP contribution in [-0.2, 0) is 6.61 Å². The van der Waals surface area contributed by atoms with Gasteiger partial charge in [-0.15, -0.1) is 0 Å². The molecule has 4 nitrogen and oxygen atoms in total. The molecule has 0 saturated heterocycles. The molecule has 2 aliphatic carbocycles. The van der Waals surface area contributed by atoms with Crippen LogP contribution in [0.2, 0.25) is 0 Å². The SMILES string of the molecule is OCc1cnc(N(CC2CC2)C2CC2)nc1. The van der Waals surface area contributed by atoms with E-state index in [0.29, 0.717) is 6.04 Å². The minimum Gasteiger partial charge on any atom is -0.392 e. The number of anilines is 1. The lowest BCUT2D eigenvalue weighted by atomic mass is 10.3. The van der Waals surface area contributed by atoms with Crippen molar-refractivity contribution in [2.24, 2.45) is 5.92 Å². The molecule has 1 aromatic heterocycles. The first kappa shape index (κ1) is 10.0. The lowest BCUT2D eigenvalue weighted by Gasteiger charge is -2.21. The van der Waals surface area contributed by atoms with E-state index >= 15 is 0 Å². The van der Waals surface area contributed by atoms with Gasteiger partial charge in [-0.1, -0.05) is 0 Å². The second kappa shape index (κ2) is 4.01. The van der Waals surface area contributed by atoms with Gasteiger partial charge < -0.3 is 10.0 Å². The Morgan fingerprint density at radius 2 is 1.88 bits per heavy atom. The number of aliphatic hydroxyl groups is 1. The lowest BCUT2D eigenvalue weighted by Crippen LogP contribution is -2.29. The van der Waals surface area contributed by atoms with Crippen molar-refractivity contribution >= 4 is 5.95 Å². The van der Waals surface area contributed by atoms with Crippen molar-refractivity contribution < 1.29 is 5.11 Å². The molecule has 0 unspecified atom stereocenters. The van der Waals surface area contributed by atoms with E-state index in [0.717, 1.165) is 24.0 Å². The van der Waals surface area contributed by atoms with Crippen molar-refractivity contribution in [3.05, 3.63) is 18.0 Å². The van der Waals surface area contributed by atoms with Gasteiger partial charge in [-0.3, -0.25) is 0 Å². The zero-order valence-electron chi connectivity index (χ0n) is 9.34. The second-order valence-electron chi connectivity index (χ2n) is 4.88. The van der Waals surface area contributed by atoms with Crippen LogP contribution in [-0.4, -0.2) is 27.7 Å². The Bertz CT molecular complexity index is 357. The van der Waals surface area contributed by atoms with E-state index in [-0.39, 0.29) is 6.61 Å². The first-order valence-corrected chi connectivity index (χ1v) is 6.05. The molecule has 0 bridgehead atoms. The summed E-state index contributed by atoms with van der Waals surface area (Å²) in [6.07, 6.45) is 8.72. The molecule has 0 amide bonds. The van der Waals surface area contributed by atoms with E-state index < -0.39 is 0 Å². The third kappa shape index (κ3) is 2.16. The van der Waals surface area contributed by atoms with Crippen LogP contribution in [0.5, 0.6) is 0 Å². The maximum Gasteiger partial charge on any atom is 0.225 e. The van der Waals surface area contributed by atoms with Crippen LogP contribution in [0.4, 0.5) is 5.95 Å². The van der Waals surface area contributed by atoms with Crippen molar-refractivity contribution in [1.82, 2.24) is 9.97 Å². The van der Waals surface area contributed by atoms with E-state index in [2.05, 4.69) is 14.9 Å². The zero-order chi connectivity index (χ0) is 11.0. The van der Waals surface area contributed by atoms with Gasteiger partial charge in [0.05, 0.1) is 6.61 Å². The van der Waals surface area contributed by atoms with Crippen molar-refractivity contribution in [3.63, 3.8) is 0 Å². The highest BCUT2D eigenvalue weighted by Crippen LogP contribution is 2.36. The Morgan fingerprint density at radius 1 is 1.19 bits per heavy atom. The Morgan fingerprint density at radius 3 is 2.38 bits per heavy atom. The fraction of sp³-hybridized carbons (Fsp3) is 0.667. The van der Waals surface area contributed by atoms with E-state index in [1.807, 2.05) is 0 Å². The first-order valence-electron chi connectivity index (χ1n) is 6.05. The van der Waals surface area contributed by atoms with Gasteiger partial charge in [0.2, 0.25) is 5.95 Å². The summed E-state index contributed by atoms with van der Waals surface area (Å²) in [5.41, 5.74) is 0.783. The molecule has 0 atom stereocenters. The largest absolute Gasteiger partial charge is 0.392 e. The van der Waals surface area contributed by atoms with Gasteiger partial charge in [0.25, 0.3) is 0 Å². The van der Waals surface area contributed by atoms with Crippen molar-refractivity contribution in [3.8, 4) is 0 Å². The highest BCUT2D eigenvalue weighted by Gasteiger charge is 2.34. The first-order chi connectivity index (χ1) is 7.86. The quantitative estimate of drug-likeness (QED) is 0.812. The zero-order valence-corrected chi connectivity index (χ0v) is 9.34. The lowest BCUT2D eigenvalue weighted by molar-refractivity contribution is 0.281. The van der Waals surface area contributed by atoms with E-state index in [1.165, 1.54) is 25.7 Å². The van der Waals surface area contributed by atoms with E-state index in [4.69, 9.17) is 5.11 Å². The van der Waals surface area contributed by atoms with Crippen LogP contribution in [0.1, 0.15) is 31.2 Å². The highest BCUT2D eigenvalue weighted by atomic mass is 16.3. The smallest absolute Gasteiger partial charge is 0.225 e. The van der Waals surface area contributed by atoms with Gasteiger partial charge in [-0.05, 0) is 31.6 Å². The predicted molar refractivity (Wildman–Crippen MR) is 61.0 cm³/mol. The van der Waals surface area contributed by atoms with Crippen LogP contribution in [0.25, 0.3) is 0 Å². The van der Waals surface area contributed by atoms with Crippen molar-refractivity contribution in [1.29, 1.82) is 0 Å². The number of nitrogens with zero attached hydrogens (tertiary/aromatic N) is 3. The molecule has 2 saturated carbocycles. The highest BCUT2D eigenvalue weighted by molar-refractivity contribution is 5.34. The maximum absolute atomic E-state index is 8.95. The number of hydrogen-bond donors (Lipinski definition) is 1. The molecular formula is C12H17N3O. The van der Waals surface area contributed by atoms with Gasteiger partial charge >= 0.3 is 0 Å². The number of rotatable bonds is 5. The molecule has 0 aromatic carbocycles. The predicted octanol–water partition coefficient (Wildman–Crippen LogP) is 1.35. The van der Waals surface area contributed by atoms with E-state index in [1.54, 1.807) is 12.4 Å². The topological polar surface area (TPSA) is 49.3 Å². The Labute approximate surface area is 95.3 Å². The summed E-state index contributed by atoms with van der Waals surface area (Å²) in [5, 5.41) is 8.95. The summed E-state index contributed by atoms with van der Waals surface area (Å²) in [7, 11) is 0. The molecule has 86 valence electrons. The standard InChI is InChI=1S/C12H17N3O/c16-8-10-5-13-12(14-6-10)15(11-3-4-11)7-9-1-2-9/h5-6,9,11,16H,1-4,7-8H2. The molecule has 0 radical (unpaired) electrons. The summed E-state index contributed by atoms with van der Waals surface area (Å²) < 4.78 is 0. The monoisotopic (exact) mass is 219 g/mol. The number of aromatic nitrogens is 2. The molecule has 2 fully saturated rings. The van der Waals surface area contributed by atoms with E-state index in [9.17, 15) is 0 Å². The molecule has 1 aromatic rings. The average Bonchev–Trinajstić information content (AvgIpc) is 3.16. The minimum atomic E-state index is 0.0202. The van der Waals surface area contributed by atoms with Crippen LogP contribution in [0.3, 0.4) is 0 Å². The summed E-state index contributed by atoms with van der Waals surface area (Å²) in [5.74, 6) is 1.70. The third-order valence-corrected chi connectivity index (χ3v) is 3.27. The summed E-state index contributed by atoms with van der Waals surface area (Å²) in [6.45, 7) is 1.13. The fourth-order valence-electron chi connectivity index (χ4n) is 1.94. The van der Waals surface area contributed by atoms with Gasteiger partial charge in [-0.2, -0.15) is 0 Å². The number of hydrogen-bond acceptors (Lipinski definition) is 4. The minimum absolute atomic E-state index is 0.0202. The van der Waals surface area contributed by atoms with Crippen LogP contribution in [0.15, 0.2) is 12.4 Å². The molecule has 0 spiro atoms. The van der Waals surface area contributed by atoms with Crippen LogP contribution >= 0.6 is 0 Å². The maximum atomic E-state index is 8.95. The number of aliphatic hydroxyl groups excluding tert-OH is 1. The molecule has 1 N–H and O–H groups in total. The molecule has 1 heterocycles. The average molecular weight is 219 g/mol. The molecule has 0 aliphatic heterocycles. The Hall–Kier alpha value is -1.16. The molecule has 2 aliphatic rings. The normalized spacial score (nSPS) is 19.8. The summed E-state index contributed by atoms with van der Waals surface area (Å²) in [6, 6.07) is 0.667. The third-order valence-electron chi connectivity index (χ3n) is 3.27. The van der Waals surface area contributed by atoms with Gasteiger partial charge in [0.15, 0.2) is 0 Å². The van der Waals surface area contributed by atoms with Gasteiger partial charge in [-0.25, -0.2) is 9.97 Å². The van der Waals surface area contributed by atoms with Crippen molar-refractivity contribution in [2.75, 3.05) is 11.4 Å². The molecule has 3 rings (SSSR count).